The summed E-state index contributed by atoms with van der Waals surface area (Å²) in [7, 11) is 0. The highest BCUT2D eigenvalue weighted by Crippen LogP contribution is 2.28. The van der Waals surface area contributed by atoms with Crippen molar-refractivity contribution in [2.45, 2.75) is 6.18 Å². The molecule has 3 rings (SSSR count). The molecule has 13 heteroatoms. The van der Waals surface area contributed by atoms with E-state index in [1.165, 1.54) is 18.3 Å². The van der Waals surface area contributed by atoms with E-state index in [1.807, 2.05) is 0 Å². The molecule has 0 aliphatic carbocycles. The molecular weight excluding hydrogens is 355 g/mol. The molecule has 0 spiro atoms. The van der Waals surface area contributed by atoms with E-state index >= 15 is 0 Å². The van der Waals surface area contributed by atoms with Gasteiger partial charge in [-0.3, -0.25) is 0 Å². The van der Waals surface area contributed by atoms with E-state index in [2.05, 4.69) is 25.6 Å². The number of carboxylic acid groups (broad SMARTS) is 1. The molecule has 0 atom stereocenters. The largest absolute Gasteiger partial charge is 0.477 e. The Morgan fingerprint density at radius 1 is 1.29 bits per heavy atom. The van der Waals surface area contributed by atoms with Gasteiger partial charge in [-0.05, 0) is 22.6 Å². The van der Waals surface area contributed by atoms with Crippen LogP contribution in [-0.4, -0.2) is 46.0 Å². The van der Waals surface area contributed by atoms with Crippen molar-refractivity contribution in [1.29, 1.82) is 0 Å². The molecule has 3 heterocycles. The highest BCUT2D eigenvalue weighted by atomic mass is 35.5. The summed E-state index contributed by atoms with van der Waals surface area (Å²) in [5.74, 6) is -3.41. The highest BCUT2D eigenvalue weighted by Gasteiger charge is 2.39. The first kappa shape index (κ1) is 15.9. The number of aromatic carboxylic acids is 1. The minimum atomic E-state index is -4.85. The summed E-state index contributed by atoms with van der Waals surface area (Å²) in [5, 5.41) is 22.1. The number of carboxylic acids is 1. The predicted molar refractivity (Wildman–Crippen MR) is 71.0 cm³/mol. The van der Waals surface area contributed by atoms with Crippen molar-refractivity contribution in [3.8, 4) is 11.6 Å². The number of tetrazole rings is 1. The third-order valence-electron chi connectivity index (χ3n) is 2.80. The third kappa shape index (κ3) is 2.67. The maximum Gasteiger partial charge on any atom is 0.453 e. The zero-order valence-corrected chi connectivity index (χ0v) is 12.1. The number of hydrogen-bond donors (Lipinski definition) is 1. The monoisotopic (exact) mass is 359 g/mol. The van der Waals surface area contributed by atoms with Crippen molar-refractivity contribution < 1.29 is 23.1 Å². The molecule has 0 radical (unpaired) electrons. The van der Waals surface area contributed by atoms with Crippen molar-refractivity contribution in [3.05, 3.63) is 40.9 Å². The van der Waals surface area contributed by atoms with E-state index in [0.717, 1.165) is 10.7 Å². The van der Waals surface area contributed by atoms with Crippen molar-refractivity contribution in [2.24, 2.45) is 0 Å². The zero-order valence-electron chi connectivity index (χ0n) is 11.3. The Balaban J connectivity index is 2.20. The van der Waals surface area contributed by atoms with E-state index in [-0.39, 0.29) is 15.5 Å². The smallest absolute Gasteiger partial charge is 0.453 e. The number of alkyl halides is 3. The number of carbonyl (C=O) groups is 1. The van der Waals surface area contributed by atoms with Gasteiger partial charge < -0.3 is 5.11 Å². The fraction of sp³-hybridized carbons (Fsp3) is 0.0909. The van der Waals surface area contributed by atoms with Crippen LogP contribution in [0.5, 0.6) is 0 Å². The van der Waals surface area contributed by atoms with E-state index < -0.39 is 29.5 Å². The maximum absolute atomic E-state index is 12.9. The first-order chi connectivity index (χ1) is 11.3. The van der Waals surface area contributed by atoms with E-state index in [0.29, 0.717) is 0 Å². The average Bonchev–Trinajstić information content (AvgIpc) is 3.13. The summed E-state index contributed by atoms with van der Waals surface area (Å²) in [6.07, 6.45) is -3.52. The number of aromatic nitrogens is 7. The maximum atomic E-state index is 12.9. The Labute approximate surface area is 135 Å². The normalized spacial score (nSPS) is 11.7. The van der Waals surface area contributed by atoms with Crippen LogP contribution < -0.4 is 0 Å². The quantitative estimate of drug-likeness (QED) is 0.756. The summed E-state index contributed by atoms with van der Waals surface area (Å²) in [6, 6.07) is 3.80. The lowest BCUT2D eigenvalue weighted by Crippen LogP contribution is -2.15. The van der Waals surface area contributed by atoms with Crippen LogP contribution in [0.25, 0.3) is 11.6 Å². The molecule has 0 aliphatic rings. The molecule has 0 fully saturated rings. The Bertz CT molecular complexity index is 920. The van der Waals surface area contributed by atoms with Crippen LogP contribution in [0.15, 0.2) is 24.4 Å². The van der Waals surface area contributed by atoms with Crippen molar-refractivity contribution in [1.82, 2.24) is 35.0 Å². The third-order valence-corrected chi connectivity index (χ3v) is 3.09. The Morgan fingerprint density at radius 3 is 2.67 bits per heavy atom. The lowest BCUT2D eigenvalue weighted by molar-refractivity contribution is -0.146. The van der Waals surface area contributed by atoms with E-state index in [4.69, 9.17) is 11.6 Å². The minimum Gasteiger partial charge on any atom is -0.477 e. The molecule has 3 aromatic heterocycles. The summed E-state index contributed by atoms with van der Waals surface area (Å²) < 4.78 is 39.7. The number of pyridine rings is 1. The van der Waals surface area contributed by atoms with Gasteiger partial charge in [-0.1, -0.05) is 11.6 Å². The number of halogens is 4. The molecule has 0 aromatic carbocycles. The van der Waals surface area contributed by atoms with E-state index in [9.17, 15) is 23.1 Å². The molecule has 124 valence electrons. The standard InChI is InChI=1S/C11H5ClF3N7O2/c12-5-2-1-3-16-8(5)21-6(9(23)24)4-7(18-21)22-10(11(13,14)15)17-19-20-22/h1-4H,(H,23,24). The first-order valence-corrected chi connectivity index (χ1v) is 6.47. The fourth-order valence-corrected chi connectivity index (χ4v) is 2.04. The summed E-state index contributed by atoms with van der Waals surface area (Å²) in [6.45, 7) is 0. The summed E-state index contributed by atoms with van der Waals surface area (Å²) in [5.41, 5.74) is -0.464. The number of nitrogens with zero attached hydrogens (tertiary/aromatic N) is 7. The van der Waals surface area contributed by atoms with Crippen LogP contribution in [0.4, 0.5) is 13.2 Å². The highest BCUT2D eigenvalue weighted by molar-refractivity contribution is 6.32. The molecule has 0 amide bonds. The Hall–Kier alpha value is -3.02. The van der Waals surface area contributed by atoms with Gasteiger partial charge in [-0.15, -0.1) is 10.2 Å². The fourth-order valence-electron chi connectivity index (χ4n) is 1.84. The van der Waals surface area contributed by atoms with Crippen LogP contribution in [0.1, 0.15) is 16.3 Å². The van der Waals surface area contributed by atoms with E-state index in [1.54, 1.807) is 0 Å². The average molecular weight is 360 g/mol. The molecular formula is C11H5ClF3N7O2. The molecule has 24 heavy (non-hydrogen) atoms. The molecule has 0 saturated heterocycles. The summed E-state index contributed by atoms with van der Waals surface area (Å²) >= 11 is 5.93. The molecule has 3 aromatic rings. The summed E-state index contributed by atoms with van der Waals surface area (Å²) in [4.78, 5) is 15.2. The van der Waals surface area contributed by atoms with Crippen LogP contribution in [0, 0.1) is 0 Å². The molecule has 0 unspecified atom stereocenters. The van der Waals surface area contributed by atoms with Crippen molar-refractivity contribution >= 4 is 17.6 Å². The van der Waals surface area contributed by atoms with Gasteiger partial charge in [-0.25, -0.2) is 14.5 Å². The number of rotatable bonds is 3. The van der Waals surface area contributed by atoms with Crippen LogP contribution >= 0.6 is 11.6 Å². The lowest BCUT2D eigenvalue weighted by atomic mass is 10.4. The van der Waals surface area contributed by atoms with Crippen LogP contribution in [0.3, 0.4) is 0 Å². The van der Waals surface area contributed by atoms with Gasteiger partial charge in [0.1, 0.15) is 0 Å². The molecule has 1 N–H and O–H groups in total. The Morgan fingerprint density at radius 2 is 2.04 bits per heavy atom. The van der Waals surface area contributed by atoms with Gasteiger partial charge in [-0.2, -0.15) is 17.9 Å². The second kappa shape index (κ2) is 5.56. The van der Waals surface area contributed by atoms with Gasteiger partial charge in [0.2, 0.25) is 0 Å². The van der Waals surface area contributed by atoms with Crippen LogP contribution in [-0.2, 0) is 6.18 Å². The molecule has 0 bridgehead atoms. The van der Waals surface area contributed by atoms with Gasteiger partial charge >= 0.3 is 12.1 Å². The van der Waals surface area contributed by atoms with Gasteiger partial charge in [0.15, 0.2) is 17.3 Å². The minimum absolute atomic E-state index is 0.0578. The van der Waals surface area contributed by atoms with Crippen LogP contribution in [0.2, 0.25) is 5.02 Å². The molecule has 9 nitrogen and oxygen atoms in total. The first-order valence-electron chi connectivity index (χ1n) is 6.09. The number of hydrogen-bond acceptors (Lipinski definition) is 6. The Kier molecular flexibility index (Phi) is 3.67. The topological polar surface area (TPSA) is 112 Å². The molecule has 0 aliphatic heterocycles. The van der Waals surface area contributed by atoms with Crippen molar-refractivity contribution in [3.63, 3.8) is 0 Å². The second-order valence-corrected chi connectivity index (χ2v) is 4.73. The van der Waals surface area contributed by atoms with Gasteiger partial charge in [0.05, 0.1) is 5.02 Å². The molecule has 0 saturated carbocycles. The SMILES string of the molecule is O=C(O)c1cc(-n2nnnc2C(F)(F)F)nn1-c1ncccc1Cl. The van der Waals surface area contributed by atoms with Gasteiger partial charge in [0.25, 0.3) is 5.82 Å². The van der Waals surface area contributed by atoms with Gasteiger partial charge in [0, 0.05) is 12.3 Å². The van der Waals surface area contributed by atoms with Crippen molar-refractivity contribution in [2.75, 3.05) is 0 Å². The second-order valence-electron chi connectivity index (χ2n) is 4.33. The zero-order chi connectivity index (χ0) is 17.5. The predicted octanol–water partition coefficient (Wildman–Crippen LogP) is 1.61. The lowest BCUT2D eigenvalue weighted by Gasteiger charge is -2.05.